The minimum Gasteiger partial charge on any atom is -0.355 e. The fourth-order valence-electron chi connectivity index (χ4n) is 0.915. The summed E-state index contributed by atoms with van der Waals surface area (Å²) in [6.45, 7) is 1.73. The molecule has 1 heterocycles. The summed E-state index contributed by atoms with van der Waals surface area (Å²) in [5, 5.41) is 11.1. The number of hydrogen-bond donors (Lipinski definition) is 1. The number of rotatable bonds is 1. The summed E-state index contributed by atoms with van der Waals surface area (Å²) in [4.78, 5) is 15.1. The maximum atomic E-state index is 11.1. The van der Waals surface area contributed by atoms with Gasteiger partial charge >= 0.3 is 0 Å². The van der Waals surface area contributed by atoms with Crippen molar-refractivity contribution in [3.63, 3.8) is 0 Å². The number of nitrogens with zero attached hydrogens (tertiary/aromatic N) is 2. The van der Waals surface area contributed by atoms with Crippen LogP contribution in [0.1, 0.15) is 21.6 Å². The summed E-state index contributed by atoms with van der Waals surface area (Å²) < 4.78 is 0. The van der Waals surface area contributed by atoms with Gasteiger partial charge in [-0.05, 0) is 13.0 Å². The van der Waals surface area contributed by atoms with Crippen LogP contribution in [0.3, 0.4) is 0 Å². The predicted molar refractivity (Wildman–Crippen MR) is 47.1 cm³/mol. The quantitative estimate of drug-likeness (QED) is 0.680. The summed E-state index contributed by atoms with van der Waals surface area (Å²) in [5.74, 6) is -0.232. The van der Waals surface area contributed by atoms with Gasteiger partial charge < -0.3 is 5.32 Å². The monoisotopic (exact) mass is 175 g/mol. The summed E-state index contributed by atoms with van der Waals surface area (Å²) in [6.07, 6.45) is 1.45. The highest BCUT2D eigenvalue weighted by atomic mass is 16.1. The van der Waals surface area contributed by atoms with Crippen molar-refractivity contribution in [1.82, 2.24) is 10.3 Å². The van der Waals surface area contributed by atoms with E-state index in [2.05, 4.69) is 10.3 Å². The SMILES string of the molecule is CNC(=O)c1cnc(C)c(C#N)c1. The molecule has 0 unspecified atom stereocenters. The van der Waals surface area contributed by atoms with Crippen LogP contribution in [-0.2, 0) is 0 Å². The Labute approximate surface area is 76.2 Å². The topological polar surface area (TPSA) is 65.8 Å². The number of amides is 1. The molecule has 0 aliphatic rings. The van der Waals surface area contributed by atoms with Crippen LogP contribution in [-0.4, -0.2) is 17.9 Å². The molecule has 0 aliphatic carbocycles. The maximum Gasteiger partial charge on any atom is 0.252 e. The first-order valence-electron chi connectivity index (χ1n) is 3.78. The van der Waals surface area contributed by atoms with Crippen LogP contribution in [0.15, 0.2) is 12.3 Å². The standard InChI is InChI=1S/C9H9N3O/c1-6-7(4-10)3-8(5-12-6)9(13)11-2/h3,5H,1-2H3,(H,11,13). The van der Waals surface area contributed by atoms with Gasteiger partial charge in [0.2, 0.25) is 0 Å². The smallest absolute Gasteiger partial charge is 0.252 e. The zero-order chi connectivity index (χ0) is 9.84. The van der Waals surface area contributed by atoms with Crippen molar-refractivity contribution >= 4 is 5.91 Å². The van der Waals surface area contributed by atoms with Crippen molar-refractivity contribution in [3.8, 4) is 6.07 Å². The van der Waals surface area contributed by atoms with Gasteiger partial charge in [0, 0.05) is 13.2 Å². The average molecular weight is 175 g/mol. The second kappa shape index (κ2) is 3.68. The van der Waals surface area contributed by atoms with Crippen LogP contribution in [0.4, 0.5) is 0 Å². The number of hydrogen-bond acceptors (Lipinski definition) is 3. The van der Waals surface area contributed by atoms with E-state index in [0.717, 1.165) is 0 Å². The second-order valence-corrected chi connectivity index (χ2v) is 2.55. The number of carbonyl (C=O) groups is 1. The Hall–Kier alpha value is -1.89. The molecule has 0 atom stereocenters. The third kappa shape index (κ3) is 1.82. The predicted octanol–water partition coefficient (Wildman–Crippen LogP) is 0.621. The van der Waals surface area contributed by atoms with Crippen LogP contribution >= 0.6 is 0 Å². The fourth-order valence-corrected chi connectivity index (χ4v) is 0.915. The van der Waals surface area contributed by atoms with E-state index < -0.39 is 0 Å². The number of nitriles is 1. The Bertz CT molecular complexity index is 379. The molecule has 1 amide bonds. The average Bonchev–Trinajstić information content (AvgIpc) is 2.17. The minimum atomic E-state index is -0.232. The van der Waals surface area contributed by atoms with Crippen molar-refractivity contribution in [2.75, 3.05) is 7.05 Å². The zero-order valence-electron chi connectivity index (χ0n) is 7.46. The molecular weight excluding hydrogens is 166 g/mol. The second-order valence-electron chi connectivity index (χ2n) is 2.55. The molecule has 0 radical (unpaired) electrons. The fraction of sp³-hybridized carbons (Fsp3) is 0.222. The first kappa shape index (κ1) is 9.20. The van der Waals surface area contributed by atoms with Crippen LogP contribution in [0.5, 0.6) is 0 Å². The maximum absolute atomic E-state index is 11.1. The molecule has 1 rings (SSSR count). The number of carbonyl (C=O) groups excluding carboxylic acids is 1. The molecule has 1 N–H and O–H groups in total. The molecule has 0 saturated carbocycles. The van der Waals surface area contributed by atoms with Gasteiger partial charge in [0.25, 0.3) is 5.91 Å². The third-order valence-electron chi connectivity index (χ3n) is 1.70. The van der Waals surface area contributed by atoms with Crippen LogP contribution < -0.4 is 5.32 Å². The molecule has 0 bridgehead atoms. The lowest BCUT2D eigenvalue weighted by molar-refractivity contribution is 0.0962. The number of aryl methyl sites for hydroxylation is 1. The molecule has 1 aromatic rings. The van der Waals surface area contributed by atoms with E-state index in [1.165, 1.54) is 19.3 Å². The molecule has 13 heavy (non-hydrogen) atoms. The molecule has 1 aromatic heterocycles. The Balaban J connectivity index is 3.15. The number of nitrogens with one attached hydrogen (secondary N) is 1. The van der Waals surface area contributed by atoms with Gasteiger partial charge in [-0.2, -0.15) is 5.26 Å². The lowest BCUT2D eigenvalue weighted by Crippen LogP contribution is -2.18. The normalized spacial score (nSPS) is 9.00. The Kier molecular flexibility index (Phi) is 2.60. The molecular formula is C9H9N3O. The van der Waals surface area contributed by atoms with E-state index in [1.807, 2.05) is 6.07 Å². The van der Waals surface area contributed by atoms with Gasteiger partial charge in [-0.1, -0.05) is 0 Å². The summed E-state index contributed by atoms with van der Waals surface area (Å²) in [5.41, 5.74) is 1.47. The summed E-state index contributed by atoms with van der Waals surface area (Å²) in [7, 11) is 1.54. The zero-order valence-corrected chi connectivity index (χ0v) is 7.46. The molecule has 66 valence electrons. The highest BCUT2D eigenvalue weighted by Gasteiger charge is 2.06. The Morgan fingerprint density at radius 1 is 1.69 bits per heavy atom. The van der Waals surface area contributed by atoms with Crippen LogP contribution in [0.2, 0.25) is 0 Å². The lowest BCUT2D eigenvalue weighted by atomic mass is 10.1. The van der Waals surface area contributed by atoms with Gasteiger partial charge in [-0.15, -0.1) is 0 Å². The summed E-state index contributed by atoms with van der Waals surface area (Å²) in [6, 6.07) is 3.50. The lowest BCUT2D eigenvalue weighted by Gasteiger charge is -2.00. The molecule has 0 aliphatic heterocycles. The van der Waals surface area contributed by atoms with Gasteiger partial charge in [-0.25, -0.2) is 0 Å². The third-order valence-corrected chi connectivity index (χ3v) is 1.70. The molecule has 0 saturated heterocycles. The highest BCUT2D eigenvalue weighted by molar-refractivity contribution is 5.94. The molecule has 4 heteroatoms. The first-order valence-corrected chi connectivity index (χ1v) is 3.78. The number of pyridine rings is 1. The molecule has 0 aromatic carbocycles. The van der Waals surface area contributed by atoms with E-state index in [0.29, 0.717) is 16.8 Å². The van der Waals surface area contributed by atoms with Crippen LogP contribution in [0, 0.1) is 18.3 Å². The van der Waals surface area contributed by atoms with Crippen molar-refractivity contribution < 1.29 is 4.79 Å². The Morgan fingerprint density at radius 2 is 2.38 bits per heavy atom. The van der Waals surface area contributed by atoms with Crippen molar-refractivity contribution in [3.05, 3.63) is 29.1 Å². The Morgan fingerprint density at radius 3 is 2.92 bits per heavy atom. The van der Waals surface area contributed by atoms with Gasteiger partial charge in [0.1, 0.15) is 6.07 Å². The van der Waals surface area contributed by atoms with Gasteiger partial charge in [-0.3, -0.25) is 9.78 Å². The highest BCUT2D eigenvalue weighted by Crippen LogP contribution is 2.06. The number of aromatic nitrogens is 1. The van der Waals surface area contributed by atoms with E-state index >= 15 is 0 Å². The van der Waals surface area contributed by atoms with Crippen molar-refractivity contribution in [1.29, 1.82) is 5.26 Å². The summed E-state index contributed by atoms with van der Waals surface area (Å²) >= 11 is 0. The van der Waals surface area contributed by atoms with E-state index in [-0.39, 0.29) is 5.91 Å². The molecule has 0 spiro atoms. The van der Waals surface area contributed by atoms with Crippen molar-refractivity contribution in [2.45, 2.75) is 6.92 Å². The van der Waals surface area contributed by atoms with Gasteiger partial charge in [0.15, 0.2) is 0 Å². The van der Waals surface area contributed by atoms with Gasteiger partial charge in [0.05, 0.1) is 16.8 Å². The molecule has 0 fully saturated rings. The van der Waals surface area contributed by atoms with Crippen molar-refractivity contribution in [2.24, 2.45) is 0 Å². The van der Waals surface area contributed by atoms with Crippen LogP contribution in [0.25, 0.3) is 0 Å². The van der Waals surface area contributed by atoms with E-state index in [1.54, 1.807) is 6.92 Å². The minimum absolute atomic E-state index is 0.232. The largest absolute Gasteiger partial charge is 0.355 e. The van der Waals surface area contributed by atoms with E-state index in [9.17, 15) is 4.79 Å². The first-order chi connectivity index (χ1) is 6.19. The molecule has 4 nitrogen and oxygen atoms in total. The van der Waals surface area contributed by atoms with E-state index in [4.69, 9.17) is 5.26 Å².